The fraction of sp³-hybridized carbons (Fsp3) is 1.00. The van der Waals surface area contributed by atoms with E-state index in [1.165, 1.54) is 0 Å². The first-order valence-electron chi connectivity index (χ1n) is 4.49. The SMILES string of the molecule is CCC(C)OC(O)C[N+](C)(C)C. The quantitative estimate of drug-likeness (QED) is 0.496. The second kappa shape index (κ2) is 4.80. The number of quaternary nitrogens is 1. The zero-order valence-electron chi connectivity index (χ0n) is 8.87. The van der Waals surface area contributed by atoms with E-state index in [0.717, 1.165) is 10.9 Å². The monoisotopic (exact) mass is 176 g/mol. The second-order valence-electron chi connectivity index (χ2n) is 4.28. The molecule has 0 saturated carbocycles. The lowest BCUT2D eigenvalue weighted by atomic mass is 10.3. The Balaban J connectivity index is 3.66. The number of aliphatic hydroxyl groups is 1. The van der Waals surface area contributed by atoms with Crippen LogP contribution >= 0.6 is 0 Å². The number of ether oxygens (including phenoxy) is 1. The number of aliphatic hydroxyl groups excluding tert-OH is 1. The largest absolute Gasteiger partial charge is 0.364 e. The van der Waals surface area contributed by atoms with Crippen molar-refractivity contribution < 1.29 is 14.3 Å². The Morgan fingerprint density at radius 2 is 1.83 bits per heavy atom. The molecule has 2 atom stereocenters. The van der Waals surface area contributed by atoms with Gasteiger partial charge in [0.25, 0.3) is 0 Å². The maximum absolute atomic E-state index is 9.45. The van der Waals surface area contributed by atoms with E-state index in [0.29, 0.717) is 6.54 Å². The minimum absolute atomic E-state index is 0.145. The number of nitrogens with zero attached hydrogens (tertiary/aromatic N) is 1. The van der Waals surface area contributed by atoms with Crippen LogP contribution in [0.5, 0.6) is 0 Å². The van der Waals surface area contributed by atoms with Crippen molar-refractivity contribution in [2.24, 2.45) is 0 Å². The third-order valence-electron chi connectivity index (χ3n) is 1.67. The van der Waals surface area contributed by atoms with Crippen LogP contribution in [0.1, 0.15) is 20.3 Å². The Kier molecular flexibility index (Phi) is 4.75. The molecule has 0 aromatic rings. The van der Waals surface area contributed by atoms with Gasteiger partial charge in [-0.1, -0.05) is 6.92 Å². The highest BCUT2D eigenvalue weighted by Gasteiger charge is 2.17. The molecule has 0 heterocycles. The van der Waals surface area contributed by atoms with E-state index in [4.69, 9.17) is 4.74 Å². The van der Waals surface area contributed by atoms with Gasteiger partial charge in [0.2, 0.25) is 6.29 Å². The Morgan fingerprint density at radius 3 is 2.17 bits per heavy atom. The average molecular weight is 176 g/mol. The van der Waals surface area contributed by atoms with Gasteiger partial charge in [0.15, 0.2) is 0 Å². The minimum Gasteiger partial charge on any atom is -0.364 e. The Morgan fingerprint density at radius 1 is 1.33 bits per heavy atom. The van der Waals surface area contributed by atoms with Crippen molar-refractivity contribution in [3.05, 3.63) is 0 Å². The van der Waals surface area contributed by atoms with Gasteiger partial charge in [0.1, 0.15) is 6.54 Å². The van der Waals surface area contributed by atoms with Crippen molar-refractivity contribution in [2.75, 3.05) is 27.7 Å². The maximum atomic E-state index is 9.45. The van der Waals surface area contributed by atoms with Crippen LogP contribution in [-0.4, -0.2) is 49.7 Å². The van der Waals surface area contributed by atoms with Gasteiger partial charge in [-0.25, -0.2) is 0 Å². The van der Waals surface area contributed by atoms with Crippen molar-refractivity contribution in [3.63, 3.8) is 0 Å². The van der Waals surface area contributed by atoms with Crippen molar-refractivity contribution in [3.8, 4) is 0 Å². The van der Waals surface area contributed by atoms with Crippen molar-refractivity contribution in [2.45, 2.75) is 32.7 Å². The number of hydrogen-bond donors (Lipinski definition) is 1. The van der Waals surface area contributed by atoms with Gasteiger partial charge in [-0.3, -0.25) is 0 Å². The van der Waals surface area contributed by atoms with Gasteiger partial charge in [-0.05, 0) is 13.3 Å². The van der Waals surface area contributed by atoms with Crippen molar-refractivity contribution in [1.82, 2.24) is 0 Å². The first-order valence-corrected chi connectivity index (χ1v) is 4.49. The summed E-state index contributed by atoms with van der Waals surface area (Å²) >= 11 is 0. The molecule has 1 N–H and O–H groups in total. The molecular weight excluding hydrogens is 154 g/mol. The van der Waals surface area contributed by atoms with Gasteiger partial charge in [0, 0.05) is 0 Å². The molecule has 3 nitrogen and oxygen atoms in total. The lowest BCUT2D eigenvalue weighted by Gasteiger charge is -2.27. The molecule has 0 rings (SSSR count). The van der Waals surface area contributed by atoms with Crippen molar-refractivity contribution in [1.29, 1.82) is 0 Å². The summed E-state index contributed by atoms with van der Waals surface area (Å²) in [7, 11) is 6.09. The molecule has 0 aromatic carbocycles. The van der Waals surface area contributed by atoms with E-state index in [1.807, 2.05) is 35.0 Å². The normalized spacial score (nSPS) is 17.5. The summed E-state index contributed by atoms with van der Waals surface area (Å²) in [6.07, 6.45) is 0.445. The third-order valence-corrected chi connectivity index (χ3v) is 1.67. The topological polar surface area (TPSA) is 29.5 Å². The van der Waals surface area contributed by atoms with E-state index >= 15 is 0 Å². The summed E-state index contributed by atoms with van der Waals surface area (Å²) in [5, 5.41) is 9.45. The predicted molar refractivity (Wildman–Crippen MR) is 49.7 cm³/mol. The molecule has 2 unspecified atom stereocenters. The lowest BCUT2D eigenvalue weighted by molar-refractivity contribution is -0.876. The van der Waals surface area contributed by atoms with Gasteiger partial charge in [-0.15, -0.1) is 0 Å². The van der Waals surface area contributed by atoms with Gasteiger partial charge < -0.3 is 14.3 Å². The minimum atomic E-state index is -0.639. The molecule has 0 aliphatic heterocycles. The molecular formula is C9H22NO2+. The first kappa shape index (κ1) is 11.9. The Bertz CT molecular complexity index is 120. The van der Waals surface area contributed by atoms with Crippen LogP contribution < -0.4 is 0 Å². The van der Waals surface area contributed by atoms with Crippen LogP contribution in [0.3, 0.4) is 0 Å². The summed E-state index contributed by atoms with van der Waals surface area (Å²) in [5.41, 5.74) is 0. The summed E-state index contributed by atoms with van der Waals surface area (Å²) < 4.78 is 6.04. The van der Waals surface area contributed by atoms with E-state index < -0.39 is 6.29 Å². The molecule has 0 aliphatic carbocycles. The highest BCUT2D eigenvalue weighted by Crippen LogP contribution is 2.03. The van der Waals surface area contributed by atoms with Gasteiger partial charge in [0.05, 0.1) is 27.2 Å². The van der Waals surface area contributed by atoms with Crippen LogP contribution in [-0.2, 0) is 4.74 Å². The van der Waals surface area contributed by atoms with Gasteiger partial charge in [-0.2, -0.15) is 0 Å². The average Bonchev–Trinajstić information content (AvgIpc) is 1.82. The standard InChI is InChI=1S/C9H22NO2/c1-6-8(2)12-9(11)7-10(3,4)5/h8-9,11H,6-7H2,1-5H3/q+1. The van der Waals surface area contributed by atoms with E-state index in [2.05, 4.69) is 0 Å². The van der Waals surface area contributed by atoms with Crippen LogP contribution in [0, 0.1) is 0 Å². The number of likely N-dealkylation sites (N-methyl/N-ethyl adjacent to an activating group) is 1. The summed E-state index contributed by atoms with van der Waals surface area (Å²) in [6, 6.07) is 0. The summed E-state index contributed by atoms with van der Waals surface area (Å²) in [5.74, 6) is 0. The second-order valence-corrected chi connectivity index (χ2v) is 4.28. The van der Waals surface area contributed by atoms with Crippen molar-refractivity contribution >= 4 is 0 Å². The zero-order chi connectivity index (χ0) is 9.78. The molecule has 74 valence electrons. The lowest BCUT2D eigenvalue weighted by Crippen LogP contribution is -2.43. The first-order chi connectivity index (χ1) is 5.35. The summed E-state index contributed by atoms with van der Waals surface area (Å²) in [6.45, 7) is 4.65. The number of rotatable bonds is 5. The van der Waals surface area contributed by atoms with Crippen LogP contribution in [0.15, 0.2) is 0 Å². The fourth-order valence-corrected chi connectivity index (χ4v) is 0.876. The molecule has 0 aliphatic rings. The molecule has 0 aromatic heterocycles. The van der Waals surface area contributed by atoms with Crippen LogP contribution in [0.25, 0.3) is 0 Å². The van der Waals surface area contributed by atoms with E-state index in [-0.39, 0.29) is 6.10 Å². The fourth-order valence-electron chi connectivity index (χ4n) is 0.876. The van der Waals surface area contributed by atoms with Crippen LogP contribution in [0.4, 0.5) is 0 Å². The Labute approximate surface area is 75.5 Å². The molecule has 3 heteroatoms. The zero-order valence-corrected chi connectivity index (χ0v) is 8.87. The molecule has 0 saturated heterocycles. The maximum Gasteiger partial charge on any atom is 0.205 e. The molecule has 0 amide bonds. The van der Waals surface area contributed by atoms with Gasteiger partial charge >= 0.3 is 0 Å². The van der Waals surface area contributed by atoms with E-state index in [9.17, 15) is 5.11 Å². The summed E-state index contributed by atoms with van der Waals surface area (Å²) in [4.78, 5) is 0. The van der Waals surface area contributed by atoms with E-state index in [1.54, 1.807) is 0 Å². The predicted octanol–water partition coefficient (Wildman–Crippen LogP) is 0.826. The highest BCUT2D eigenvalue weighted by molar-refractivity contribution is 4.46. The molecule has 0 radical (unpaired) electrons. The molecule has 12 heavy (non-hydrogen) atoms. The van der Waals surface area contributed by atoms with Crippen LogP contribution in [0.2, 0.25) is 0 Å². The Hall–Kier alpha value is -0.120. The molecule has 0 spiro atoms. The molecule has 0 bridgehead atoms. The highest BCUT2D eigenvalue weighted by atomic mass is 16.6. The third kappa shape index (κ3) is 6.58. The number of hydrogen-bond acceptors (Lipinski definition) is 2. The molecule has 0 fully saturated rings. The smallest absolute Gasteiger partial charge is 0.205 e.